The average Bonchev–Trinajstić information content (AvgIpc) is 3.49. The van der Waals surface area contributed by atoms with Crippen molar-refractivity contribution in [2.75, 3.05) is 49.6 Å². The molecule has 0 atom stereocenters. The Morgan fingerprint density at radius 3 is 2.17 bits per heavy atom. The van der Waals surface area contributed by atoms with E-state index in [0.717, 1.165) is 63.5 Å². The Labute approximate surface area is 248 Å². The van der Waals surface area contributed by atoms with Crippen molar-refractivity contribution in [2.45, 2.75) is 85.7 Å². The first-order valence-corrected chi connectivity index (χ1v) is 15.6. The molecule has 2 aromatic carbocycles. The molecule has 222 valence electrons. The van der Waals surface area contributed by atoms with E-state index in [4.69, 9.17) is 21.0 Å². The van der Waals surface area contributed by atoms with Crippen LogP contribution in [0.3, 0.4) is 0 Å². The number of aryl methyl sites for hydroxylation is 2. The number of nitrogens with two attached hydrogens (primary N) is 1. The van der Waals surface area contributed by atoms with Crippen LogP contribution in [0.25, 0.3) is 10.8 Å². The summed E-state index contributed by atoms with van der Waals surface area (Å²) in [5.41, 5.74) is 11.3. The van der Waals surface area contributed by atoms with Gasteiger partial charge in [-0.15, -0.1) is 0 Å². The zero-order valence-corrected chi connectivity index (χ0v) is 26.3. The molecule has 6 rings (SSSR count). The molecule has 0 spiro atoms. The molecule has 0 radical (unpaired) electrons. The molecule has 41 heavy (non-hydrogen) atoms. The molecule has 0 unspecified atom stereocenters. The highest BCUT2D eigenvalue weighted by atomic mass is 15.2. The Hall–Kier alpha value is -3.21. The van der Waals surface area contributed by atoms with Gasteiger partial charge in [-0.25, -0.2) is 9.97 Å². The van der Waals surface area contributed by atoms with Crippen molar-refractivity contribution in [2.24, 2.45) is 5.73 Å². The van der Waals surface area contributed by atoms with Gasteiger partial charge in [0.05, 0.1) is 18.3 Å². The number of fused-ring (bicyclic) bond motifs is 2. The predicted octanol–water partition coefficient (Wildman–Crippen LogP) is 6.26. The number of hydrogen-bond acceptors (Lipinski definition) is 7. The van der Waals surface area contributed by atoms with E-state index in [-0.39, 0.29) is 0 Å². The molecule has 0 bridgehead atoms. The lowest BCUT2D eigenvalue weighted by atomic mass is 9.99. The van der Waals surface area contributed by atoms with Crippen LogP contribution in [0, 0.1) is 18.3 Å². The van der Waals surface area contributed by atoms with Crippen LogP contribution in [0.5, 0.6) is 0 Å². The van der Waals surface area contributed by atoms with Crippen LogP contribution < -0.4 is 15.5 Å². The van der Waals surface area contributed by atoms with Crippen LogP contribution in [0.4, 0.5) is 11.5 Å². The van der Waals surface area contributed by atoms with E-state index in [2.05, 4.69) is 72.0 Å². The second-order valence-electron chi connectivity index (χ2n) is 10.9. The molecule has 3 aliphatic rings. The fourth-order valence-corrected chi connectivity index (χ4v) is 5.84. The van der Waals surface area contributed by atoms with E-state index in [1.54, 1.807) is 6.07 Å². The number of piperidine rings is 1. The minimum atomic E-state index is 0.328. The summed E-state index contributed by atoms with van der Waals surface area (Å²) in [6.45, 7) is 16.3. The zero-order chi connectivity index (χ0) is 29.8. The number of nitrogens with zero attached hydrogens (tertiary/aromatic N) is 6. The molecular weight excluding hydrogens is 506 g/mol. The van der Waals surface area contributed by atoms with Crippen molar-refractivity contribution in [3.8, 4) is 6.07 Å². The van der Waals surface area contributed by atoms with Gasteiger partial charge in [-0.2, -0.15) is 5.26 Å². The Morgan fingerprint density at radius 1 is 0.951 bits per heavy atom. The molecule has 0 aliphatic carbocycles. The predicted molar refractivity (Wildman–Crippen MR) is 174 cm³/mol. The summed E-state index contributed by atoms with van der Waals surface area (Å²) in [6.07, 6.45) is 6.76. The number of hydrogen-bond donors (Lipinski definition) is 1. The van der Waals surface area contributed by atoms with Crippen molar-refractivity contribution >= 4 is 22.3 Å². The summed E-state index contributed by atoms with van der Waals surface area (Å²) in [6, 6.07) is 15.3. The lowest BCUT2D eigenvalue weighted by Gasteiger charge is -2.36. The van der Waals surface area contributed by atoms with Crippen molar-refractivity contribution in [1.82, 2.24) is 14.9 Å². The van der Waals surface area contributed by atoms with Gasteiger partial charge >= 0.3 is 0 Å². The molecule has 3 aliphatic heterocycles. The SMILES string of the molecule is CC.CC#N.CCc1nc2c(c(N3CCC(N)CC3)n1)CCN(c1cccc3cccc(C)c13)C2.CN1CCCC1. The summed E-state index contributed by atoms with van der Waals surface area (Å²) in [7, 11) is 2.17. The van der Waals surface area contributed by atoms with Crippen LogP contribution in [-0.2, 0) is 19.4 Å². The van der Waals surface area contributed by atoms with E-state index < -0.39 is 0 Å². The number of anilines is 2. The van der Waals surface area contributed by atoms with E-state index >= 15 is 0 Å². The van der Waals surface area contributed by atoms with Gasteiger partial charge in [0.2, 0.25) is 0 Å². The maximum atomic E-state index is 7.32. The normalized spacial score (nSPS) is 16.8. The minimum Gasteiger partial charge on any atom is -0.365 e. The Balaban J connectivity index is 0.000000359. The fourth-order valence-electron chi connectivity index (χ4n) is 5.84. The molecule has 2 fully saturated rings. The van der Waals surface area contributed by atoms with Crippen LogP contribution >= 0.6 is 0 Å². The smallest absolute Gasteiger partial charge is 0.135 e. The lowest BCUT2D eigenvalue weighted by Crippen LogP contribution is -2.41. The molecule has 0 amide bonds. The van der Waals surface area contributed by atoms with Gasteiger partial charge in [0.25, 0.3) is 0 Å². The number of rotatable bonds is 3. The van der Waals surface area contributed by atoms with Crippen LogP contribution in [0.1, 0.15) is 76.0 Å². The number of likely N-dealkylation sites (tertiary alicyclic amines) is 1. The van der Waals surface area contributed by atoms with E-state index in [9.17, 15) is 0 Å². The summed E-state index contributed by atoms with van der Waals surface area (Å²) in [5.74, 6) is 2.12. The molecule has 2 N–H and O–H groups in total. The van der Waals surface area contributed by atoms with Gasteiger partial charge in [-0.3, -0.25) is 0 Å². The summed E-state index contributed by atoms with van der Waals surface area (Å²) < 4.78 is 0. The third-order valence-corrected chi connectivity index (χ3v) is 8.01. The van der Waals surface area contributed by atoms with Crippen molar-refractivity contribution in [3.63, 3.8) is 0 Å². The summed E-state index contributed by atoms with van der Waals surface area (Å²) in [5, 5.41) is 9.99. The first-order valence-electron chi connectivity index (χ1n) is 15.6. The lowest BCUT2D eigenvalue weighted by molar-refractivity contribution is 0.418. The summed E-state index contributed by atoms with van der Waals surface area (Å²) in [4.78, 5) is 17.3. The van der Waals surface area contributed by atoms with Gasteiger partial charge in [0.15, 0.2) is 0 Å². The fraction of sp³-hybridized carbons (Fsp3) is 0.559. The first kappa shape index (κ1) is 32.3. The zero-order valence-electron chi connectivity index (χ0n) is 26.3. The van der Waals surface area contributed by atoms with Gasteiger partial charge in [0.1, 0.15) is 11.6 Å². The van der Waals surface area contributed by atoms with Crippen LogP contribution in [0.15, 0.2) is 36.4 Å². The molecule has 4 heterocycles. The van der Waals surface area contributed by atoms with Crippen molar-refractivity contribution in [1.29, 1.82) is 5.26 Å². The second kappa shape index (κ2) is 16.3. The largest absolute Gasteiger partial charge is 0.365 e. The van der Waals surface area contributed by atoms with Gasteiger partial charge in [-0.05, 0) is 76.2 Å². The molecule has 7 heteroatoms. The number of benzene rings is 2. The number of nitriles is 1. The minimum absolute atomic E-state index is 0.328. The first-order chi connectivity index (χ1) is 19.9. The highest BCUT2D eigenvalue weighted by Gasteiger charge is 2.27. The Kier molecular flexibility index (Phi) is 12.8. The third kappa shape index (κ3) is 8.40. The Morgan fingerprint density at radius 2 is 1.59 bits per heavy atom. The molecular formula is C34H51N7. The number of aromatic nitrogens is 2. The monoisotopic (exact) mass is 557 g/mol. The molecule has 1 aromatic heterocycles. The van der Waals surface area contributed by atoms with Crippen LogP contribution in [0.2, 0.25) is 0 Å². The van der Waals surface area contributed by atoms with Gasteiger partial charge in [0, 0.05) is 55.7 Å². The quantitative estimate of drug-likeness (QED) is 0.407. The van der Waals surface area contributed by atoms with E-state index in [0.29, 0.717) is 6.04 Å². The van der Waals surface area contributed by atoms with Crippen molar-refractivity contribution in [3.05, 3.63) is 59.0 Å². The Bertz CT molecular complexity index is 1260. The van der Waals surface area contributed by atoms with Crippen LogP contribution in [-0.4, -0.2) is 60.7 Å². The van der Waals surface area contributed by atoms with Gasteiger partial charge in [-0.1, -0.05) is 51.1 Å². The maximum absolute atomic E-state index is 7.32. The average molecular weight is 558 g/mol. The molecule has 0 saturated carbocycles. The summed E-state index contributed by atoms with van der Waals surface area (Å²) >= 11 is 0. The highest BCUT2D eigenvalue weighted by molar-refractivity contribution is 5.97. The standard InChI is InChI=1S/C25H31N5.C5H11N.C2H3N.C2H6/c1-3-23-27-21-16-30(22-9-5-8-18-7-4-6-17(2)24(18)22)15-12-20(21)25(28-23)29-13-10-19(26)11-14-29;1-6-4-2-3-5-6;1-2-3;1-2/h4-9,19H,3,10-16,26H2,1-2H3;2-5H2,1H3;1H3;1-2H3. The third-order valence-electron chi connectivity index (χ3n) is 8.01. The van der Waals surface area contributed by atoms with Crippen molar-refractivity contribution < 1.29 is 0 Å². The van der Waals surface area contributed by atoms with E-state index in [1.165, 1.54) is 66.1 Å². The highest BCUT2D eigenvalue weighted by Crippen LogP contribution is 2.35. The topological polar surface area (TPSA) is 85.3 Å². The van der Waals surface area contributed by atoms with Gasteiger partial charge < -0.3 is 20.4 Å². The maximum Gasteiger partial charge on any atom is 0.135 e. The molecule has 2 saturated heterocycles. The molecule has 3 aromatic rings. The molecule has 7 nitrogen and oxygen atoms in total. The van der Waals surface area contributed by atoms with E-state index in [1.807, 2.05) is 13.8 Å². The second-order valence-corrected chi connectivity index (χ2v) is 10.9.